The van der Waals surface area contributed by atoms with Crippen molar-refractivity contribution in [1.82, 2.24) is 19.5 Å². The first-order chi connectivity index (χ1) is 15.1. The van der Waals surface area contributed by atoms with Gasteiger partial charge in [-0.2, -0.15) is 4.98 Å². The summed E-state index contributed by atoms with van der Waals surface area (Å²) in [6.45, 7) is 0.425. The van der Waals surface area contributed by atoms with Gasteiger partial charge in [0.15, 0.2) is 17.4 Å². The number of H-pyrrole nitrogens is 1. The zero-order valence-corrected chi connectivity index (χ0v) is 18.0. The third kappa shape index (κ3) is 5.63. The van der Waals surface area contributed by atoms with E-state index in [0.29, 0.717) is 13.1 Å². The molecule has 3 rings (SSSR count). The molecule has 0 bridgehead atoms. The van der Waals surface area contributed by atoms with E-state index in [0.717, 1.165) is 25.7 Å². The maximum Gasteiger partial charge on any atom is 0.469 e. The molecule has 16 heteroatoms. The molecule has 2 aromatic rings. The molecule has 1 fully saturated rings. The predicted octanol–water partition coefficient (Wildman–Crippen LogP) is -1.64. The maximum absolute atomic E-state index is 12.3. The number of fused-ring (bicyclic) bond motifs is 1. The van der Waals surface area contributed by atoms with Crippen LogP contribution in [0.5, 0.6) is 0 Å². The van der Waals surface area contributed by atoms with Gasteiger partial charge in [0.25, 0.3) is 5.56 Å². The number of nitrogens with two attached hydrogens (primary N) is 2. The Morgan fingerprint density at radius 3 is 2.59 bits per heavy atom. The number of aliphatic hydroxyl groups is 2. The number of nitrogens with zero attached hydrogens (tertiary/aromatic N) is 3. The zero-order valence-electron chi connectivity index (χ0n) is 17.1. The van der Waals surface area contributed by atoms with Crippen LogP contribution in [0.1, 0.15) is 31.9 Å². The molecule has 10 N–H and O–H groups in total. The average Bonchev–Trinajstić information content (AvgIpc) is 3.20. The fraction of sp³-hybridized carbons (Fsp3) is 0.688. The number of rotatable bonds is 11. The lowest BCUT2D eigenvalue weighted by molar-refractivity contribution is -0.0494. The van der Waals surface area contributed by atoms with Crippen LogP contribution in [0.3, 0.4) is 0 Å². The number of aromatic amines is 1. The quantitative estimate of drug-likeness (QED) is 0.134. The van der Waals surface area contributed by atoms with E-state index >= 15 is 0 Å². The predicted molar refractivity (Wildman–Crippen MR) is 112 cm³/mol. The van der Waals surface area contributed by atoms with Crippen molar-refractivity contribution >= 4 is 30.9 Å². The molecule has 0 spiro atoms. The van der Waals surface area contributed by atoms with Gasteiger partial charge in [0, 0.05) is 6.54 Å². The molecule has 0 unspecified atom stereocenters. The number of hydrogen-bond acceptors (Lipinski definition) is 11. The van der Waals surface area contributed by atoms with Gasteiger partial charge in [0.05, 0.1) is 6.61 Å². The van der Waals surface area contributed by atoms with Crippen molar-refractivity contribution in [2.45, 2.75) is 50.2 Å². The van der Waals surface area contributed by atoms with Crippen molar-refractivity contribution in [2.75, 3.05) is 30.7 Å². The molecule has 0 amide bonds. The SMILES string of the molecule is NCCCCCCNc1nc2c(=O)[nH]c(N)nc2n1[C@@H]1O[C@H](COP(=O)(O)O)[C@@H](O)[C@H]1O. The van der Waals surface area contributed by atoms with Gasteiger partial charge in [-0.3, -0.25) is 18.9 Å². The number of hydrogen-bond donors (Lipinski definition) is 8. The number of aliphatic hydroxyl groups excluding tert-OH is 2. The van der Waals surface area contributed by atoms with Gasteiger partial charge in [0.2, 0.25) is 11.9 Å². The van der Waals surface area contributed by atoms with Gasteiger partial charge < -0.3 is 41.5 Å². The fourth-order valence-electron chi connectivity index (χ4n) is 3.44. The van der Waals surface area contributed by atoms with E-state index in [2.05, 4.69) is 24.8 Å². The summed E-state index contributed by atoms with van der Waals surface area (Å²) in [5.41, 5.74) is 10.5. The van der Waals surface area contributed by atoms with E-state index in [4.69, 9.17) is 26.0 Å². The van der Waals surface area contributed by atoms with Crippen LogP contribution in [0, 0.1) is 0 Å². The van der Waals surface area contributed by atoms with Gasteiger partial charge >= 0.3 is 7.82 Å². The third-order valence-corrected chi connectivity index (χ3v) is 5.47. The number of nitrogens with one attached hydrogen (secondary N) is 2. The number of ether oxygens (including phenoxy) is 1. The second-order valence-electron chi connectivity index (χ2n) is 7.39. The lowest BCUT2D eigenvalue weighted by Crippen LogP contribution is -2.33. The second-order valence-corrected chi connectivity index (χ2v) is 8.63. The average molecular weight is 477 g/mol. The largest absolute Gasteiger partial charge is 0.469 e. The molecular weight excluding hydrogens is 449 g/mol. The molecule has 0 radical (unpaired) electrons. The van der Waals surface area contributed by atoms with E-state index in [1.165, 1.54) is 4.57 Å². The molecule has 1 aliphatic rings. The van der Waals surface area contributed by atoms with Gasteiger partial charge in [-0.1, -0.05) is 12.8 Å². The Morgan fingerprint density at radius 1 is 1.19 bits per heavy atom. The number of phosphoric acid groups is 1. The first-order valence-corrected chi connectivity index (χ1v) is 11.6. The summed E-state index contributed by atoms with van der Waals surface area (Å²) in [7, 11) is -4.82. The second kappa shape index (κ2) is 10.2. The summed E-state index contributed by atoms with van der Waals surface area (Å²) in [6.07, 6.45) is -2.04. The van der Waals surface area contributed by atoms with Crippen molar-refractivity contribution in [3.8, 4) is 0 Å². The normalized spacial score (nSPS) is 23.8. The first kappa shape index (κ1) is 24.5. The minimum atomic E-state index is -4.82. The fourth-order valence-corrected chi connectivity index (χ4v) is 3.78. The van der Waals surface area contributed by atoms with E-state index in [9.17, 15) is 19.6 Å². The molecule has 0 aliphatic carbocycles. The summed E-state index contributed by atoms with van der Waals surface area (Å²) >= 11 is 0. The molecule has 1 aliphatic heterocycles. The van der Waals surface area contributed by atoms with E-state index < -0.39 is 44.5 Å². The van der Waals surface area contributed by atoms with Crippen molar-refractivity contribution in [1.29, 1.82) is 0 Å². The van der Waals surface area contributed by atoms with Crippen molar-refractivity contribution in [3.63, 3.8) is 0 Å². The molecular formula is C16H28N7O8P. The van der Waals surface area contributed by atoms with E-state index in [-0.39, 0.29) is 23.1 Å². The molecule has 0 aromatic carbocycles. The maximum atomic E-state index is 12.3. The van der Waals surface area contributed by atoms with Gasteiger partial charge in [-0.05, 0) is 19.4 Å². The van der Waals surface area contributed by atoms with Crippen LogP contribution in [0.15, 0.2) is 4.79 Å². The summed E-state index contributed by atoms with van der Waals surface area (Å²) < 4.78 is 22.3. The number of nitrogen functional groups attached to an aromatic ring is 1. The Balaban J connectivity index is 1.88. The van der Waals surface area contributed by atoms with Crippen molar-refractivity contribution in [2.24, 2.45) is 5.73 Å². The minimum Gasteiger partial charge on any atom is -0.387 e. The van der Waals surface area contributed by atoms with Crippen LogP contribution in [0.4, 0.5) is 11.9 Å². The monoisotopic (exact) mass is 477 g/mol. The highest BCUT2D eigenvalue weighted by Crippen LogP contribution is 2.39. The number of imidazole rings is 1. The highest BCUT2D eigenvalue weighted by Gasteiger charge is 2.46. The van der Waals surface area contributed by atoms with Gasteiger partial charge in [0.1, 0.15) is 18.3 Å². The standard InChI is InChI=1S/C16H28N7O8P/c17-5-3-1-2-4-6-19-16-20-9-12(21-15(18)22-13(9)26)23(16)14-11(25)10(24)8(31-14)7-30-32(27,28)29/h8,10-11,14,24-25H,1-7,17H2,(H,19,20)(H2,27,28,29)(H3,18,21,22,26)/t8-,10-,11-,14-/m1/s1. The number of phosphoric ester groups is 1. The minimum absolute atomic E-state index is 0.00434. The number of aromatic nitrogens is 4. The highest BCUT2D eigenvalue weighted by atomic mass is 31.2. The van der Waals surface area contributed by atoms with E-state index in [1.54, 1.807) is 0 Å². The molecule has 32 heavy (non-hydrogen) atoms. The Morgan fingerprint density at radius 2 is 1.91 bits per heavy atom. The van der Waals surface area contributed by atoms with Gasteiger partial charge in [-0.15, -0.1) is 0 Å². The van der Waals surface area contributed by atoms with Crippen LogP contribution in [-0.4, -0.2) is 77.5 Å². The first-order valence-electron chi connectivity index (χ1n) is 10.1. The molecule has 2 aromatic heterocycles. The third-order valence-electron chi connectivity index (χ3n) is 4.98. The molecule has 3 heterocycles. The van der Waals surface area contributed by atoms with Gasteiger partial charge in [-0.25, -0.2) is 9.55 Å². The van der Waals surface area contributed by atoms with Crippen molar-refractivity contribution in [3.05, 3.63) is 10.4 Å². The molecule has 0 saturated carbocycles. The van der Waals surface area contributed by atoms with Crippen LogP contribution in [0.25, 0.3) is 11.2 Å². The summed E-state index contributed by atoms with van der Waals surface area (Å²) in [4.78, 5) is 40.8. The van der Waals surface area contributed by atoms with Crippen LogP contribution in [0.2, 0.25) is 0 Å². The molecule has 4 atom stereocenters. The lowest BCUT2D eigenvalue weighted by atomic mass is 10.1. The Bertz CT molecular complexity index is 1020. The summed E-state index contributed by atoms with van der Waals surface area (Å²) in [5, 5.41) is 23.9. The molecule has 1 saturated heterocycles. The van der Waals surface area contributed by atoms with E-state index in [1.807, 2.05) is 0 Å². The van der Waals surface area contributed by atoms with Crippen LogP contribution >= 0.6 is 7.82 Å². The van der Waals surface area contributed by atoms with Crippen molar-refractivity contribution < 1.29 is 33.8 Å². The smallest absolute Gasteiger partial charge is 0.387 e. The summed E-state index contributed by atoms with van der Waals surface area (Å²) in [5.74, 6) is -0.0402. The topological polar surface area (TPSA) is 244 Å². The summed E-state index contributed by atoms with van der Waals surface area (Å²) in [6, 6.07) is 0. The zero-order chi connectivity index (χ0) is 23.5. The Kier molecular flexibility index (Phi) is 7.84. The highest BCUT2D eigenvalue weighted by molar-refractivity contribution is 7.46. The lowest BCUT2D eigenvalue weighted by Gasteiger charge is -2.20. The Hall–Kier alpha value is -2.10. The van der Waals surface area contributed by atoms with Crippen LogP contribution < -0.4 is 22.3 Å². The van der Waals surface area contributed by atoms with Crippen LogP contribution in [-0.2, 0) is 13.8 Å². The molecule has 15 nitrogen and oxygen atoms in total. The number of unbranched alkanes of at least 4 members (excludes halogenated alkanes) is 3. The Labute approximate surface area is 182 Å². The molecule has 180 valence electrons. The number of anilines is 2.